The maximum absolute atomic E-state index is 11.7. The molecule has 7 heteroatoms. The molecule has 0 saturated carbocycles. The van der Waals surface area contributed by atoms with Gasteiger partial charge in [-0.25, -0.2) is 0 Å². The SMILES string of the molecule is O=C(COC(=O)CCc1ccco1)Nc1cc(Cl)cc(Cl)c1. The quantitative estimate of drug-likeness (QED) is 0.813. The summed E-state index contributed by atoms with van der Waals surface area (Å²) in [5.41, 5.74) is 0.439. The van der Waals surface area contributed by atoms with E-state index < -0.39 is 11.9 Å². The minimum Gasteiger partial charge on any atom is -0.469 e. The highest BCUT2D eigenvalue weighted by atomic mass is 35.5. The highest BCUT2D eigenvalue weighted by molar-refractivity contribution is 6.35. The van der Waals surface area contributed by atoms with Crippen molar-refractivity contribution in [3.05, 3.63) is 52.4 Å². The van der Waals surface area contributed by atoms with Gasteiger partial charge in [-0.05, 0) is 30.3 Å². The van der Waals surface area contributed by atoms with Crippen molar-refractivity contribution in [2.24, 2.45) is 0 Å². The summed E-state index contributed by atoms with van der Waals surface area (Å²) in [5.74, 6) is -0.254. The Bertz CT molecular complexity index is 635. The molecular weight excluding hydrogens is 329 g/mol. The van der Waals surface area contributed by atoms with Crippen molar-refractivity contribution < 1.29 is 18.7 Å². The van der Waals surface area contributed by atoms with Crippen LogP contribution in [0.4, 0.5) is 5.69 Å². The van der Waals surface area contributed by atoms with Crippen LogP contribution in [0.1, 0.15) is 12.2 Å². The number of hydrogen-bond donors (Lipinski definition) is 1. The molecule has 0 radical (unpaired) electrons. The molecule has 22 heavy (non-hydrogen) atoms. The van der Waals surface area contributed by atoms with Crippen LogP contribution in [0.15, 0.2) is 41.0 Å². The Hall–Kier alpha value is -1.98. The predicted molar refractivity (Wildman–Crippen MR) is 83.1 cm³/mol. The first kappa shape index (κ1) is 16.4. The molecular formula is C15H13Cl2NO4. The van der Waals surface area contributed by atoms with Crippen molar-refractivity contribution in [1.82, 2.24) is 0 Å². The number of carbonyl (C=O) groups excluding carboxylic acids is 2. The lowest BCUT2D eigenvalue weighted by molar-refractivity contribution is -0.147. The Morgan fingerprint density at radius 3 is 2.55 bits per heavy atom. The van der Waals surface area contributed by atoms with Gasteiger partial charge < -0.3 is 14.5 Å². The number of ether oxygens (including phenoxy) is 1. The molecule has 0 spiro atoms. The fourth-order valence-electron chi connectivity index (χ4n) is 1.72. The topological polar surface area (TPSA) is 68.5 Å². The van der Waals surface area contributed by atoms with Crippen molar-refractivity contribution in [2.45, 2.75) is 12.8 Å². The molecule has 0 aliphatic carbocycles. The lowest BCUT2D eigenvalue weighted by atomic mass is 10.2. The van der Waals surface area contributed by atoms with Crippen molar-refractivity contribution in [3.63, 3.8) is 0 Å². The van der Waals surface area contributed by atoms with Gasteiger partial charge in [0.25, 0.3) is 5.91 Å². The number of nitrogens with one attached hydrogen (secondary N) is 1. The van der Waals surface area contributed by atoms with Crippen LogP contribution in [-0.2, 0) is 20.7 Å². The molecule has 0 fully saturated rings. The Morgan fingerprint density at radius 1 is 1.18 bits per heavy atom. The fourth-order valence-corrected chi connectivity index (χ4v) is 2.25. The maximum atomic E-state index is 11.7. The second-order valence-corrected chi connectivity index (χ2v) is 5.32. The summed E-state index contributed by atoms with van der Waals surface area (Å²) in [7, 11) is 0. The molecule has 0 unspecified atom stereocenters. The number of halogens is 2. The summed E-state index contributed by atoms with van der Waals surface area (Å²) in [6.07, 6.45) is 2.10. The molecule has 0 aliphatic rings. The Morgan fingerprint density at radius 2 is 1.91 bits per heavy atom. The van der Waals surface area contributed by atoms with E-state index in [0.29, 0.717) is 27.9 Å². The first-order chi connectivity index (χ1) is 10.5. The second kappa shape index (κ2) is 7.87. The molecule has 0 saturated heterocycles. The van der Waals surface area contributed by atoms with Crippen molar-refractivity contribution >= 4 is 40.8 Å². The van der Waals surface area contributed by atoms with Crippen LogP contribution >= 0.6 is 23.2 Å². The molecule has 1 heterocycles. The lowest BCUT2D eigenvalue weighted by Crippen LogP contribution is -2.21. The van der Waals surface area contributed by atoms with Crippen LogP contribution in [0.25, 0.3) is 0 Å². The van der Waals surface area contributed by atoms with Gasteiger partial charge >= 0.3 is 5.97 Å². The van der Waals surface area contributed by atoms with Crippen LogP contribution < -0.4 is 5.32 Å². The summed E-state index contributed by atoms with van der Waals surface area (Å²) in [5, 5.41) is 3.35. The van der Waals surface area contributed by atoms with Gasteiger partial charge in [0, 0.05) is 22.2 Å². The molecule has 1 N–H and O–H groups in total. The van der Waals surface area contributed by atoms with Gasteiger partial charge in [-0.15, -0.1) is 0 Å². The number of anilines is 1. The summed E-state index contributed by atoms with van der Waals surface area (Å²) in [6, 6.07) is 8.15. The third kappa shape index (κ3) is 5.42. The summed E-state index contributed by atoms with van der Waals surface area (Å²) in [6.45, 7) is -0.374. The second-order valence-electron chi connectivity index (χ2n) is 4.45. The van der Waals surface area contributed by atoms with Gasteiger partial charge in [-0.3, -0.25) is 9.59 Å². The summed E-state index contributed by atoms with van der Waals surface area (Å²) in [4.78, 5) is 23.2. The minimum absolute atomic E-state index is 0.143. The van der Waals surface area contributed by atoms with E-state index in [2.05, 4.69) is 5.32 Å². The van der Waals surface area contributed by atoms with Gasteiger partial charge in [0.1, 0.15) is 5.76 Å². The van der Waals surface area contributed by atoms with Crippen LogP contribution in [0.3, 0.4) is 0 Å². The third-order valence-electron chi connectivity index (χ3n) is 2.67. The molecule has 0 atom stereocenters. The lowest BCUT2D eigenvalue weighted by Gasteiger charge is -2.07. The molecule has 5 nitrogen and oxygen atoms in total. The zero-order valence-electron chi connectivity index (χ0n) is 11.5. The molecule has 1 amide bonds. The normalized spacial score (nSPS) is 10.3. The van der Waals surface area contributed by atoms with E-state index in [4.69, 9.17) is 32.4 Å². The van der Waals surface area contributed by atoms with Crippen LogP contribution in [0, 0.1) is 0 Å². The Labute approximate surface area is 137 Å². The standard InChI is InChI=1S/C15H13Cl2NO4/c16-10-6-11(17)8-12(7-10)18-14(19)9-22-15(20)4-3-13-2-1-5-21-13/h1-2,5-8H,3-4,9H2,(H,18,19). The Kier molecular flexibility index (Phi) is 5.86. The average molecular weight is 342 g/mol. The minimum atomic E-state index is -0.476. The number of aryl methyl sites for hydroxylation is 1. The summed E-state index contributed by atoms with van der Waals surface area (Å²) >= 11 is 11.6. The van der Waals surface area contributed by atoms with E-state index in [0.717, 1.165) is 0 Å². The van der Waals surface area contributed by atoms with E-state index in [1.54, 1.807) is 30.3 Å². The largest absolute Gasteiger partial charge is 0.469 e. The van der Waals surface area contributed by atoms with Gasteiger partial charge in [0.2, 0.25) is 0 Å². The molecule has 116 valence electrons. The average Bonchev–Trinajstić information content (AvgIpc) is 2.95. The molecule has 1 aromatic heterocycles. The van der Waals surface area contributed by atoms with Gasteiger partial charge in [0.15, 0.2) is 6.61 Å². The van der Waals surface area contributed by atoms with Crippen molar-refractivity contribution in [2.75, 3.05) is 11.9 Å². The smallest absolute Gasteiger partial charge is 0.306 e. The summed E-state index contributed by atoms with van der Waals surface area (Å²) < 4.78 is 9.98. The number of esters is 1. The van der Waals surface area contributed by atoms with Gasteiger partial charge in [-0.2, -0.15) is 0 Å². The first-order valence-corrected chi connectivity index (χ1v) is 7.22. The Balaban J connectivity index is 1.73. The van der Waals surface area contributed by atoms with Crippen molar-refractivity contribution in [1.29, 1.82) is 0 Å². The zero-order chi connectivity index (χ0) is 15.9. The third-order valence-corrected chi connectivity index (χ3v) is 3.10. The molecule has 1 aromatic carbocycles. The number of hydrogen-bond acceptors (Lipinski definition) is 4. The predicted octanol–water partition coefficient (Wildman–Crippen LogP) is 3.70. The number of carbonyl (C=O) groups is 2. The van der Waals surface area contributed by atoms with Gasteiger partial charge in [-0.1, -0.05) is 23.2 Å². The van der Waals surface area contributed by atoms with Crippen LogP contribution in [0.2, 0.25) is 10.0 Å². The van der Waals surface area contributed by atoms with Crippen molar-refractivity contribution in [3.8, 4) is 0 Å². The molecule has 2 aromatic rings. The number of benzene rings is 1. The number of furan rings is 1. The highest BCUT2D eigenvalue weighted by Crippen LogP contribution is 2.22. The molecule has 0 bridgehead atoms. The van der Waals surface area contributed by atoms with E-state index in [1.165, 1.54) is 6.26 Å². The maximum Gasteiger partial charge on any atom is 0.306 e. The molecule has 2 rings (SSSR count). The van der Waals surface area contributed by atoms with E-state index >= 15 is 0 Å². The monoisotopic (exact) mass is 341 g/mol. The van der Waals surface area contributed by atoms with Crippen LogP contribution in [-0.4, -0.2) is 18.5 Å². The van der Waals surface area contributed by atoms with E-state index in [1.807, 2.05) is 0 Å². The highest BCUT2D eigenvalue weighted by Gasteiger charge is 2.09. The van der Waals surface area contributed by atoms with E-state index in [9.17, 15) is 9.59 Å². The molecule has 0 aliphatic heterocycles. The van der Waals surface area contributed by atoms with Crippen LogP contribution in [0.5, 0.6) is 0 Å². The fraction of sp³-hybridized carbons (Fsp3) is 0.200. The zero-order valence-corrected chi connectivity index (χ0v) is 13.0. The van der Waals surface area contributed by atoms with Gasteiger partial charge in [0.05, 0.1) is 12.7 Å². The number of rotatable bonds is 6. The number of amides is 1. The first-order valence-electron chi connectivity index (χ1n) is 6.47. The van der Waals surface area contributed by atoms with E-state index in [-0.39, 0.29) is 13.0 Å².